The third-order valence-electron chi connectivity index (χ3n) is 4.01. The van der Waals surface area contributed by atoms with Gasteiger partial charge in [-0.25, -0.2) is 0 Å². The number of esters is 1. The molecule has 0 bridgehead atoms. The second-order valence-corrected chi connectivity index (χ2v) is 5.06. The second-order valence-electron chi connectivity index (χ2n) is 5.06. The molecule has 0 unspecified atom stereocenters. The smallest absolute Gasteiger partial charge is 0.309 e. The Morgan fingerprint density at radius 2 is 2.17 bits per heavy atom. The number of rotatable bonds is 3. The molecule has 0 aromatic heterocycles. The molecule has 102 valence electrons. The fourth-order valence-electron chi connectivity index (χ4n) is 3.03. The lowest BCUT2D eigenvalue weighted by molar-refractivity contribution is -0.149. The molecule has 1 saturated carbocycles. The zero-order chi connectivity index (χ0) is 13.0. The highest BCUT2D eigenvalue weighted by molar-refractivity contribution is 5.90. The normalized spacial score (nSPS) is 28.7. The van der Waals surface area contributed by atoms with Gasteiger partial charge in [-0.1, -0.05) is 5.16 Å². The summed E-state index contributed by atoms with van der Waals surface area (Å²) in [4.78, 5) is 14.0. The summed E-state index contributed by atoms with van der Waals surface area (Å²) in [7, 11) is 0. The van der Waals surface area contributed by atoms with Crippen molar-refractivity contribution in [2.45, 2.75) is 45.1 Å². The van der Waals surface area contributed by atoms with Gasteiger partial charge < -0.3 is 9.94 Å². The van der Waals surface area contributed by atoms with Crippen LogP contribution in [-0.2, 0) is 9.53 Å². The number of carbonyl (C=O) groups is 1. The molecule has 0 radical (unpaired) electrons. The molecule has 1 saturated heterocycles. The molecular formula is C13H22N2O3. The first kappa shape index (κ1) is 13.3. The third-order valence-corrected chi connectivity index (χ3v) is 4.01. The molecule has 1 aliphatic heterocycles. The zero-order valence-corrected chi connectivity index (χ0v) is 11.0. The van der Waals surface area contributed by atoms with Crippen molar-refractivity contribution < 1.29 is 14.7 Å². The highest BCUT2D eigenvalue weighted by Crippen LogP contribution is 2.27. The van der Waals surface area contributed by atoms with Crippen molar-refractivity contribution in [1.82, 2.24) is 4.90 Å². The Kier molecular flexibility index (Phi) is 4.58. The maximum Gasteiger partial charge on any atom is 0.309 e. The van der Waals surface area contributed by atoms with Crippen LogP contribution in [0.3, 0.4) is 0 Å². The molecule has 18 heavy (non-hydrogen) atoms. The Morgan fingerprint density at radius 1 is 1.44 bits per heavy atom. The fraction of sp³-hybridized carbons (Fsp3) is 0.846. The van der Waals surface area contributed by atoms with E-state index >= 15 is 0 Å². The van der Waals surface area contributed by atoms with Crippen molar-refractivity contribution in [3.05, 3.63) is 0 Å². The summed E-state index contributed by atoms with van der Waals surface area (Å²) in [6, 6.07) is 0.290. The van der Waals surface area contributed by atoms with Gasteiger partial charge in [-0.05, 0) is 52.1 Å². The van der Waals surface area contributed by atoms with E-state index in [-0.39, 0.29) is 17.9 Å². The van der Waals surface area contributed by atoms with E-state index in [9.17, 15) is 4.79 Å². The van der Waals surface area contributed by atoms with Crippen LogP contribution in [0.1, 0.15) is 39.0 Å². The standard InChI is InChI=1S/C13H22N2O3/c1-2-18-13(16)10-6-8-15(9-7-10)12-5-3-4-11(12)14-17/h10,12,17H,2-9H2,1H3/b14-11+/t12-/m1/s1. The molecule has 2 aliphatic rings. The minimum Gasteiger partial charge on any atom is -0.466 e. The molecule has 1 heterocycles. The van der Waals surface area contributed by atoms with Gasteiger partial charge in [-0.3, -0.25) is 9.69 Å². The maximum absolute atomic E-state index is 11.6. The topological polar surface area (TPSA) is 62.1 Å². The van der Waals surface area contributed by atoms with Gasteiger partial charge in [0.1, 0.15) is 0 Å². The van der Waals surface area contributed by atoms with Crippen molar-refractivity contribution in [1.29, 1.82) is 0 Å². The number of piperidine rings is 1. The van der Waals surface area contributed by atoms with E-state index in [0.29, 0.717) is 6.61 Å². The summed E-state index contributed by atoms with van der Waals surface area (Å²) in [5, 5.41) is 12.4. The molecule has 5 heteroatoms. The van der Waals surface area contributed by atoms with E-state index in [1.54, 1.807) is 0 Å². The van der Waals surface area contributed by atoms with E-state index in [4.69, 9.17) is 9.94 Å². The van der Waals surface area contributed by atoms with Crippen LogP contribution in [0, 0.1) is 5.92 Å². The summed E-state index contributed by atoms with van der Waals surface area (Å²) in [5.41, 5.74) is 0.907. The van der Waals surface area contributed by atoms with Crippen molar-refractivity contribution in [2.24, 2.45) is 11.1 Å². The van der Waals surface area contributed by atoms with Crippen LogP contribution in [0.4, 0.5) is 0 Å². The fourth-order valence-corrected chi connectivity index (χ4v) is 3.03. The summed E-state index contributed by atoms with van der Waals surface area (Å²) in [6.07, 6.45) is 4.78. The van der Waals surface area contributed by atoms with Crippen LogP contribution in [0.5, 0.6) is 0 Å². The average molecular weight is 254 g/mol. The Balaban J connectivity index is 1.85. The molecule has 1 atom stereocenters. The van der Waals surface area contributed by atoms with E-state index in [1.807, 2.05) is 6.92 Å². The van der Waals surface area contributed by atoms with Gasteiger partial charge >= 0.3 is 5.97 Å². The Bertz CT molecular complexity index is 322. The van der Waals surface area contributed by atoms with Crippen LogP contribution in [0.25, 0.3) is 0 Å². The molecule has 5 nitrogen and oxygen atoms in total. The predicted molar refractivity (Wildman–Crippen MR) is 67.8 cm³/mol. The summed E-state index contributed by atoms with van der Waals surface area (Å²) >= 11 is 0. The van der Waals surface area contributed by atoms with Crippen LogP contribution >= 0.6 is 0 Å². The zero-order valence-electron chi connectivity index (χ0n) is 11.0. The maximum atomic E-state index is 11.6. The van der Waals surface area contributed by atoms with Gasteiger partial charge in [0, 0.05) is 0 Å². The first-order valence-corrected chi connectivity index (χ1v) is 6.87. The Labute approximate surface area is 108 Å². The van der Waals surface area contributed by atoms with E-state index in [0.717, 1.165) is 50.9 Å². The van der Waals surface area contributed by atoms with Crippen LogP contribution < -0.4 is 0 Å². The van der Waals surface area contributed by atoms with Crippen molar-refractivity contribution in [2.75, 3.05) is 19.7 Å². The Morgan fingerprint density at radius 3 is 2.78 bits per heavy atom. The first-order chi connectivity index (χ1) is 8.76. The molecule has 0 aromatic rings. The van der Waals surface area contributed by atoms with Gasteiger partial charge in [0.05, 0.1) is 24.3 Å². The van der Waals surface area contributed by atoms with E-state index < -0.39 is 0 Å². The number of likely N-dealkylation sites (tertiary alicyclic amines) is 1. The minimum absolute atomic E-state index is 0.0529. The highest BCUT2D eigenvalue weighted by Gasteiger charge is 2.33. The lowest BCUT2D eigenvalue weighted by Crippen LogP contribution is -2.44. The molecule has 2 fully saturated rings. The average Bonchev–Trinajstić information content (AvgIpc) is 2.87. The Hall–Kier alpha value is -1.10. The summed E-state index contributed by atoms with van der Waals surface area (Å²) in [5.74, 6) is -0.00302. The van der Waals surface area contributed by atoms with E-state index in [1.165, 1.54) is 0 Å². The van der Waals surface area contributed by atoms with Crippen molar-refractivity contribution in [3.63, 3.8) is 0 Å². The lowest BCUT2D eigenvalue weighted by Gasteiger charge is -2.34. The van der Waals surface area contributed by atoms with Crippen LogP contribution in [0.2, 0.25) is 0 Å². The molecular weight excluding hydrogens is 232 g/mol. The largest absolute Gasteiger partial charge is 0.466 e. The summed E-state index contributed by atoms with van der Waals surface area (Å²) in [6.45, 7) is 4.10. The first-order valence-electron chi connectivity index (χ1n) is 6.87. The highest BCUT2D eigenvalue weighted by atomic mass is 16.5. The lowest BCUT2D eigenvalue weighted by atomic mass is 9.95. The number of hydrogen-bond acceptors (Lipinski definition) is 5. The van der Waals surface area contributed by atoms with Crippen molar-refractivity contribution >= 4 is 11.7 Å². The molecule has 1 aliphatic carbocycles. The number of oxime groups is 1. The van der Waals surface area contributed by atoms with Crippen molar-refractivity contribution in [3.8, 4) is 0 Å². The van der Waals surface area contributed by atoms with Gasteiger partial charge in [0.2, 0.25) is 0 Å². The van der Waals surface area contributed by atoms with Gasteiger partial charge in [-0.2, -0.15) is 0 Å². The van der Waals surface area contributed by atoms with Gasteiger partial charge in [-0.15, -0.1) is 0 Å². The molecule has 2 rings (SSSR count). The SMILES string of the molecule is CCOC(=O)C1CCN([C@@H]2CCC/C2=N\O)CC1. The van der Waals surface area contributed by atoms with Crippen LogP contribution in [0.15, 0.2) is 5.16 Å². The number of hydrogen-bond donors (Lipinski definition) is 1. The van der Waals surface area contributed by atoms with Crippen LogP contribution in [-0.4, -0.2) is 47.5 Å². The van der Waals surface area contributed by atoms with E-state index in [2.05, 4.69) is 10.1 Å². The second kappa shape index (κ2) is 6.18. The molecule has 0 amide bonds. The van der Waals surface area contributed by atoms with Gasteiger partial charge in [0.15, 0.2) is 0 Å². The number of carbonyl (C=O) groups excluding carboxylic acids is 1. The monoisotopic (exact) mass is 254 g/mol. The quantitative estimate of drug-likeness (QED) is 0.472. The number of nitrogens with zero attached hydrogens (tertiary/aromatic N) is 2. The molecule has 1 N–H and O–H groups in total. The summed E-state index contributed by atoms with van der Waals surface area (Å²) < 4.78 is 5.06. The number of ether oxygens (including phenoxy) is 1. The van der Waals surface area contributed by atoms with Gasteiger partial charge in [0.25, 0.3) is 0 Å². The predicted octanol–water partition coefficient (Wildman–Crippen LogP) is 1.64. The molecule has 0 aromatic carbocycles. The minimum atomic E-state index is -0.0559. The third kappa shape index (κ3) is 2.83. The molecule has 0 spiro atoms.